The van der Waals surface area contributed by atoms with Gasteiger partial charge in [-0.05, 0) is 56.1 Å². The average molecular weight is 523 g/mol. The van der Waals surface area contributed by atoms with Crippen molar-refractivity contribution in [3.05, 3.63) is 83.6 Å². The Morgan fingerprint density at radius 2 is 1.78 bits per heavy atom. The van der Waals surface area contributed by atoms with Crippen LogP contribution in [0, 0.1) is 0 Å². The molecule has 198 valence electrons. The zero-order valence-corrected chi connectivity index (χ0v) is 22.8. The number of sulfonamides is 1. The van der Waals surface area contributed by atoms with E-state index in [1.807, 2.05) is 37.4 Å². The largest absolute Gasteiger partial charge is 0.350 e. The number of rotatable bonds is 14. The summed E-state index contributed by atoms with van der Waals surface area (Å²) in [5.41, 5.74) is 3.46. The number of nitrogens with one attached hydrogen (secondary N) is 2. The molecule has 0 saturated carbocycles. The summed E-state index contributed by atoms with van der Waals surface area (Å²) in [6.07, 6.45) is 4.58. The van der Waals surface area contributed by atoms with E-state index in [0.29, 0.717) is 30.9 Å². The number of fused-ring (bicyclic) bond motifs is 1. The van der Waals surface area contributed by atoms with E-state index < -0.39 is 16.1 Å². The summed E-state index contributed by atoms with van der Waals surface area (Å²) in [5, 5.41) is 8.66. The number of benzene rings is 2. The predicted molar refractivity (Wildman–Crippen MR) is 149 cm³/mol. The summed E-state index contributed by atoms with van der Waals surface area (Å²) in [7, 11) is -1.46. The van der Waals surface area contributed by atoms with Crippen molar-refractivity contribution < 1.29 is 8.42 Å². The van der Waals surface area contributed by atoms with Crippen molar-refractivity contribution in [1.29, 1.82) is 0 Å². The SMILES string of the molecule is CCN(CC)CCCS(=O)(=O)N[C@H](CCc1ccccc1)c1nc(Cc2cn(C)c3ccccc23)n[nH]1. The Morgan fingerprint density at radius 1 is 1.05 bits per heavy atom. The second-order valence-electron chi connectivity index (χ2n) is 9.49. The van der Waals surface area contributed by atoms with Gasteiger partial charge in [-0.15, -0.1) is 0 Å². The Hall–Kier alpha value is -3.01. The molecule has 0 aliphatic carbocycles. The van der Waals surface area contributed by atoms with Crippen LogP contribution in [0.5, 0.6) is 0 Å². The predicted octanol–water partition coefficient (Wildman–Crippen LogP) is 4.21. The summed E-state index contributed by atoms with van der Waals surface area (Å²) < 4.78 is 31.1. The monoisotopic (exact) mass is 522 g/mol. The van der Waals surface area contributed by atoms with Gasteiger partial charge >= 0.3 is 0 Å². The third kappa shape index (κ3) is 7.28. The number of aromatic amines is 1. The van der Waals surface area contributed by atoms with E-state index in [4.69, 9.17) is 4.98 Å². The maximum atomic E-state index is 13.0. The number of hydrogen-bond donors (Lipinski definition) is 2. The lowest BCUT2D eigenvalue weighted by molar-refractivity contribution is 0.304. The molecular weight excluding hydrogens is 484 g/mol. The first-order valence-electron chi connectivity index (χ1n) is 13.1. The fraction of sp³-hybridized carbons (Fsp3) is 0.429. The molecule has 2 N–H and O–H groups in total. The van der Waals surface area contributed by atoms with Gasteiger partial charge in [-0.25, -0.2) is 18.1 Å². The minimum Gasteiger partial charge on any atom is -0.350 e. The topological polar surface area (TPSA) is 95.9 Å². The molecule has 4 aromatic rings. The number of aromatic nitrogens is 4. The minimum atomic E-state index is -3.49. The van der Waals surface area contributed by atoms with Crippen LogP contribution >= 0.6 is 0 Å². The van der Waals surface area contributed by atoms with Gasteiger partial charge in [0.15, 0.2) is 5.82 Å². The first kappa shape index (κ1) is 27.0. The van der Waals surface area contributed by atoms with Gasteiger partial charge in [-0.1, -0.05) is 62.4 Å². The molecule has 0 saturated heterocycles. The lowest BCUT2D eigenvalue weighted by Gasteiger charge is -2.19. The number of H-pyrrole nitrogens is 1. The summed E-state index contributed by atoms with van der Waals surface area (Å²) in [4.78, 5) is 6.98. The molecule has 2 heterocycles. The van der Waals surface area contributed by atoms with Crippen LogP contribution in [0.1, 0.15) is 55.5 Å². The van der Waals surface area contributed by atoms with Crippen LogP contribution in [0.25, 0.3) is 10.9 Å². The zero-order valence-electron chi connectivity index (χ0n) is 22.0. The van der Waals surface area contributed by atoms with E-state index in [-0.39, 0.29) is 5.75 Å². The fourth-order valence-corrected chi connectivity index (χ4v) is 6.07. The van der Waals surface area contributed by atoms with Crippen molar-refractivity contribution >= 4 is 20.9 Å². The van der Waals surface area contributed by atoms with Crippen molar-refractivity contribution in [1.82, 2.24) is 29.4 Å². The standard InChI is InChI=1S/C28H38N6O2S/c1-4-34(5-2)18-11-19-37(35,36)32-25(17-16-22-12-7-6-8-13-22)28-29-27(30-31-28)20-23-21-33(3)26-15-10-9-14-24(23)26/h6-10,12-15,21,25,32H,4-5,11,16-20H2,1-3H3,(H,29,30,31)/t25-/m1/s1. The lowest BCUT2D eigenvalue weighted by Crippen LogP contribution is -2.33. The smallest absolute Gasteiger partial charge is 0.212 e. The molecule has 1 atom stereocenters. The van der Waals surface area contributed by atoms with Crippen LogP contribution < -0.4 is 4.72 Å². The van der Waals surface area contributed by atoms with Gasteiger partial charge in [-0.3, -0.25) is 5.10 Å². The van der Waals surface area contributed by atoms with E-state index in [2.05, 4.69) is 68.7 Å². The molecule has 0 amide bonds. The van der Waals surface area contributed by atoms with Crippen molar-refractivity contribution in [2.45, 2.75) is 45.6 Å². The number of para-hydroxylation sites is 1. The van der Waals surface area contributed by atoms with Crippen LogP contribution in [-0.4, -0.2) is 58.5 Å². The maximum absolute atomic E-state index is 13.0. The molecule has 0 aliphatic rings. The van der Waals surface area contributed by atoms with Crippen molar-refractivity contribution in [3.8, 4) is 0 Å². The third-order valence-corrected chi connectivity index (χ3v) is 8.35. The molecular formula is C28H38N6O2S. The molecule has 2 aromatic heterocycles. The molecule has 0 spiro atoms. The average Bonchev–Trinajstić information content (AvgIpc) is 3.50. The first-order chi connectivity index (χ1) is 17.9. The molecule has 4 rings (SSSR count). The maximum Gasteiger partial charge on any atom is 0.212 e. The Morgan fingerprint density at radius 3 is 2.54 bits per heavy atom. The van der Waals surface area contributed by atoms with Crippen LogP contribution in [0.15, 0.2) is 60.8 Å². The lowest BCUT2D eigenvalue weighted by atomic mass is 10.1. The summed E-state index contributed by atoms with van der Waals surface area (Å²) in [5.74, 6) is 1.29. The molecule has 0 fully saturated rings. The molecule has 2 aromatic carbocycles. The van der Waals surface area contributed by atoms with Gasteiger partial charge < -0.3 is 9.47 Å². The summed E-state index contributed by atoms with van der Waals surface area (Å²) in [6, 6.07) is 17.9. The van der Waals surface area contributed by atoms with Gasteiger partial charge in [0.2, 0.25) is 10.0 Å². The van der Waals surface area contributed by atoms with Crippen LogP contribution in [0.3, 0.4) is 0 Å². The zero-order chi connectivity index (χ0) is 26.3. The Kier molecular flexibility index (Phi) is 9.13. The van der Waals surface area contributed by atoms with Crippen LogP contribution in [0.4, 0.5) is 0 Å². The number of nitrogens with zero attached hydrogens (tertiary/aromatic N) is 4. The van der Waals surface area contributed by atoms with Gasteiger partial charge in [0.05, 0.1) is 11.8 Å². The second-order valence-corrected chi connectivity index (χ2v) is 11.4. The quantitative estimate of drug-likeness (QED) is 0.259. The minimum absolute atomic E-state index is 0.0857. The Balaban J connectivity index is 1.49. The number of hydrogen-bond acceptors (Lipinski definition) is 5. The molecule has 8 nitrogen and oxygen atoms in total. The van der Waals surface area contributed by atoms with E-state index in [1.54, 1.807) is 0 Å². The highest BCUT2D eigenvalue weighted by atomic mass is 32.2. The van der Waals surface area contributed by atoms with Gasteiger partial charge in [-0.2, -0.15) is 5.10 Å². The summed E-state index contributed by atoms with van der Waals surface area (Å²) >= 11 is 0. The van der Waals surface area contributed by atoms with Gasteiger partial charge in [0.1, 0.15) is 5.82 Å². The molecule has 0 unspecified atom stereocenters. The van der Waals surface area contributed by atoms with E-state index >= 15 is 0 Å². The van der Waals surface area contributed by atoms with Crippen molar-refractivity contribution in [2.24, 2.45) is 7.05 Å². The molecule has 0 aliphatic heterocycles. The Bertz CT molecular complexity index is 1380. The van der Waals surface area contributed by atoms with E-state index in [1.165, 1.54) is 5.39 Å². The highest BCUT2D eigenvalue weighted by molar-refractivity contribution is 7.89. The molecule has 37 heavy (non-hydrogen) atoms. The molecule has 0 radical (unpaired) electrons. The Labute approximate surface area is 220 Å². The fourth-order valence-electron chi connectivity index (χ4n) is 4.78. The van der Waals surface area contributed by atoms with Crippen molar-refractivity contribution in [2.75, 3.05) is 25.4 Å². The van der Waals surface area contributed by atoms with E-state index in [9.17, 15) is 8.42 Å². The second kappa shape index (κ2) is 12.5. The first-order valence-corrected chi connectivity index (χ1v) is 14.7. The molecule has 9 heteroatoms. The van der Waals surface area contributed by atoms with E-state index in [0.717, 1.165) is 42.7 Å². The number of aryl methyl sites for hydroxylation is 2. The van der Waals surface area contributed by atoms with Gasteiger partial charge in [0.25, 0.3) is 0 Å². The van der Waals surface area contributed by atoms with Crippen LogP contribution in [0.2, 0.25) is 0 Å². The normalized spacial score (nSPS) is 13.0. The summed E-state index contributed by atoms with van der Waals surface area (Å²) in [6.45, 7) is 6.79. The third-order valence-electron chi connectivity index (χ3n) is 6.88. The van der Waals surface area contributed by atoms with Crippen LogP contribution in [-0.2, 0) is 29.9 Å². The highest BCUT2D eigenvalue weighted by Crippen LogP contribution is 2.23. The molecule has 0 bridgehead atoms. The van der Waals surface area contributed by atoms with Crippen molar-refractivity contribution in [3.63, 3.8) is 0 Å². The van der Waals surface area contributed by atoms with Gasteiger partial charge in [0, 0.05) is 30.6 Å². The highest BCUT2D eigenvalue weighted by Gasteiger charge is 2.23.